The summed E-state index contributed by atoms with van der Waals surface area (Å²) in [5.74, 6) is -2.82. The van der Waals surface area contributed by atoms with E-state index in [1.54, 1.807) is 48.5 Å². The van der Waals surface area contributed by atoms with Gasteiger partial charge in [0.05, 0.1) is 15.1 Å². The second-order valence-corrected chi connectivity index (χ2v) is 14.5. The van der Waals surface area contributed by atoms with Crippen LogP contribution in [-0.2, 0) is 47.6 Å². The van der Waals surface area contributed by atoms with Gasteiger partial charge in [-0.2, -0.15) is 11.8 Å². The third-order valence-corrected chi connectivity index (χ3v) is 10.9. The highest BCUT2D eigenvalue weighted by atomic mass is 35.5. The zero-order chi connectivity index (χ0) is 39.7. The molecule has 0 saturated carbocycles. The Balaban J connectivity index is 1.39. The number of nitrogens with one attached hydrogen (secondary N) is 3. The largest absolute Gasteiger partial charge is 0.459 e. The number of ether oxygens (including phenoxy) is 3. The van der Waals surface area contributed by atoms with Crippen molar-refractivity contribution in [1.29, 1.82) is 0 Å². The van der Waals surface area contributed by atoms with Crippen molar-refractivity contribution >= 4 is 99.6 Å². The molecule has 0 aliphatic carbocycles. The number of thioether (sulfide) groups is 1. The lowest BCUT2D eigenvalue weighted by Crippen LogP contribution is -2.50. The van der Waals surface area contributed by atoms with E-state index < -0.39 is 48.5 Å². The molecule has 4 aromatic rings. The van der Waals surface area contributed by atoms with Crippen LogP contribution in [0.4, 0.5) is 4.79 Å². The highest BCUT2D eigenvalue weighted by molar-refractivity contribution is 7.98. The Hall–Kier alpha value is -4.17. The second kappa shape index (κ2) is 22.4. The van der Waals surface area contributed by atoms with Crippen LogP contribution >= 0.6 is 69.8 Å². The van der Waals surface area contributed by atoms with Gasteiger partial charge in [0.15, 0.2) is 5.75 Å². The van der Waals surface area contributed by atoms with Gasteiger partial charge in [-0.05, 0) is 23.1 Å². The van der Waals surface area contributed by atoms with E-state index in [9.17, 15) is 24.0 Å². The molecule has 290 valence electrons. The maximum absolute atomic E-state index is 13.4. The van der Waals surface area contributed by atoms with Crippen molar-refractivity contribution in [2.75, 3.05) is 12.3 Å². The second-order valence-electron chi connectivity index (χ2n) is 11.6. The maximum Gasteiger partial charge on any atom is 0.408 e. The van der Waals surface area contributed by atoms with E-state index in [0.717, 1.165) is 16.7 Å². The van der Waals surface area contributed by atoms with Crippen LogP contribution in [0.3, 0.4) is 0 Å². The van der Waals surface area contributed by atoms with E-state index in [0.29, 0.717) is 5.75 Å². The Labute approximate surface area is 346 Å². The molecule has 0 saturated heterocycles. The number of carbonyl (C=O) groups is 5. The minimum atomic E-state index is -1.26. The SMILES string of the molecule is O=C(CC[C@@H](NC(=O)OCc1ccccc1)C(=O)OCc1ccccc1)N[C@@H](CSCc1ccccc1)C(=O)NCC(=O)Oc1c(Cl)c(Cl)c(Cl)c(Cl)c1Cl. The summed E-state index contributed by atoms with van der Waals surface area (Å²) >= 11 is 31.8. The quantitative estimate of drug-likeness (QED) is 0.0390. The minimum absolute atomic E-state index is 0.0504. The zero-order valence-corrected chi connectivity index (χ0v) is 33.4. The minimum Gasteiger partial charge on any atom is -0.459 e. The van der Waals surface area contributed by atoms with E-state index in [1.807, 2.05) is 42.5 Å². The highest BCUT2D eigenvalue weighted by Crippen LogP contribution is 2.48. The summed E-state index contributed by atoms with van der Waals surface area (Å²) in [7, 11) is 0. The molecule has 4 aromatic carbocycles. The molecule has 0 heterocycles. The van der Waals surface area contributed by atoms with Gasteiger partial charge in [-0.1, -0.05) is 149 Å². The third kappa shape index (κ3) is 14.1. The van der Waals surface area contributed by atoms with Gasteiger partial charge in [0, 0.05) is 17.9 Å². The number of hydrogen-bond acceptors (Lipinski definition) is 9. The molecule has 2 atom stereocenters. The number of amides is 3. The van der Waals surface area contributed by atoms with Crippen LogP contribution in [0, 0.1) is 0 Å². The number of esters is 2. The average molecular weight is 870 g/mol. The van der Waals surface area contributed by atoms with Crippen molar-refractivity contribution in [3.05, 3.63) is 133 Å². The Bertz CT molecular complexity index is 1920. The van der Waals surface area contributed by atoms with Crippen LogP contribution in [0.25, 0.3) is 0 Å². The highest BCUT2D eigenvalue weighted by Gasteiger charge is 2.28. The van der Waals surface area contributed by atoms with Gasteiger partial charge in [-0.15, -0.1) is 0 Å². The fourth-order valence-corrected chi connectivity index (χ4v) is 6.90. The fraction of sp³-hybridized carbons (Fsp3) is 0.237. The van der Waals surface area contributed by atoms with Gasteiger partial charge >= 0.3 is 18.0 Å². The predicted molar refractivity (Wildman–Crippen MR) is 214 cm³/mol. The summed E-state index contributed by atoms with van der Waals surface area (Å²) in [4.78, 5) is 65.2. The van der Waals surface area contributed by atoms with Crippen molar-refractivity contribution in [1.82, 2.24) is 16.0 Å². The lowest BCUT2D eigenvalue weighted by atomic mass is 10.1. The van der Waals surface area contributed by atoms with Crippen LogP contribution in [0.5, 0.6) is 5.75 Å². The van der Waals surface area contributed by atoms with Crippen LogP contribution < -0.4 is 20.7 Å². The molecule has 3 N–H and O–H groups in total. The molecular formula is C38H34Cl5N3O8S. The van der Waals surface area contributed by atoms with Crippen LogP contribution in [0.15, 0.2) is 91.0 Å². The number of benzene rings is 4. The van der Waals surface area contributed by atoms with E-state index in [4.69, 9.17) is 72.2 Å². The van der Waals surface area contributed by atoms with Crippen LogP contribution in [0.2, 0.25) is 25.1 Å². The summed E-state index contributed by atoms with van der Waals surface area (Å²) in [6.45, 7) is -0.766. The molecule has 0 aliphatic heterocycles. The summed E-state index contributed by atoms with van der Waals surface area (Å²) in [5.41, 5.74) is 2.43. The van der Waals surface area contributed by atoms with Gasteiger partial charge in [0.1, 0.15) is 41.9 Å². The molecule has 0 spiro atoms. The Morgan fingerprint density at radius 2 is 1.13 bits per heavy atom. The Kier molecular flexibility index (Phi) is 17.7. The molecule has 0 aliphatic rings. The molecule has 4 rings (SSSR count). The number of alkyl carbamates (subject to hydrolysis) is 1. The van der Waals surface area contributed by atoms with Gasteiger partial charge in [0.2, 0.25) is 11.8 Å². The Morgan fingerprint density at radius 1 is 0.618 bits per heavy atom. The summed E-state index contributed by atoms with van der Waals surface area (Å²) in [5, 5.41) is 6.55. The zero-order valence-electron chi connectivity index (χ0n) is 28.8. The van der Waals surface area contributed by atoms with E-state index in [1.165, 1.54) is 11.8 Å². The maximum atomic E-state index is 13.4. The molecule has 55 heavy (non-hydrogen) atoms. The third-order valence-electron chi connectivity index (χ3n) is 7.51. The monoisotopic (exact) mass is 867 g/mol. The van der Waals surface area contributed by atoms with Gasteiger partial charge in [-0.25, -0.2) is 14.4 Å². The molecule has 0 radical (unpaired) electrons. The molecular weight excluding hydrogens is 836 g/mol. The molecule has 0 bridgehead atoms. The first-order valence-corrected chi connectivity index (χ1v) is 19.6. The van der Waals surface area contributed by atoms with Crippen LogP contribution in [0.1, 0.15) is 29.5 Å². The van der Waals surface area contributed by atoms with Crippen molar-refractivity contribution in [2.45, 2.75) is 43.9 Å². The molecule has 0 fully saturated rings. The van der Waals surface area contributed by atoms with E-state index >= 15 is 0 Å². The lowest BCUT2D eigenvalue weighted by molar-refractivity contribution is -0.147. The lowest BCUT2D eigenvalue weighted by Gasteiger charge is -2.20. The number of hydrogen-bond donors (Lipinski definition) is 3. The van der Waals surface area contributed by atoms with E-state index in [2.05, 4.69) is 16.0 Å². The van der Waals surface area contributed by atoms with Crippen molar-refractivity contribution in [2.24, 2.45) is 0 Å². The Morgan fingerprint density at radius 3 is 1.69 bits per heavy atom. The number of halogens is 5. The first-order chi connectivity index (χ1) is 26.4. The summed E-state index contributed by atoms with van der Waals surface area (Å²) in [6.07, 6.45) is -1.38. The molecule has 0 aromatic heterocycles. The fourth-order valence-electron chi connectivity index (χ4n) is 4.69. The molecule has 3 amide bonds. The standard InChI is InChI=1S/C38H34Cl5N3O8S/c39-30-31(40)33(42)35(34(43)32(30)41)54-29(48)18-44-36(49)27(22-55-21-25-14-8-3-9-15-25)45-28(47)17-16-26(37(50)52-19-23-10-4-1-5-11-23)46-38(51)53-20-24-12-6-2-7-13-24/h1-15,26-27H,16-22H2,(H,44,49)(H,45,47)(H,46,51)/t26-,27+/m1/s1. The van der Waals surface area contributed by atoms with Gasteiger partial charge in [0.25, 0.3) is 0 Å². The molecule has 0 unspecified atom stereocenters. The van der Waals surface area contributed by atoms with Gasteiger partial charge < -0.3 is 30.2 Å². The van der Waals surface area contributed by atoms with Crippen molar-refractivity contribution < 1.29 is 38.2 Å². The number of rotatable bonds is 18. The van der Waals surface area contributed by atoms with Crippen LogP contribution in [-0.4, -0.2) is 54.2 Å². The van der Waals surface area contributed by atoms with E-state index in [-0.39, 0.29) is 62.7 Å². The first kappa shape index (κ1) is 43.6. The summed E-state index contributed by atoms with van der Waals surface area (Å²) in [6, 6.07) is 24.9. The van der Waals surface area contributed by atoms with Gasteiger partial charge in [-0.3, -0.25) is 9.59 Å². The molecule has 11 nitrogen and oxygen atoms in total. The summed E-state index contributed by atoms with van der Waals surface area (Å²) < 4.78 is 16.0. The predicted octanol–water partition coefficient (Wildman–Crippen LogP) is 8.21. The topological polar surface area (TPSA) is 149 Å². The number of carbonyl (C=O) groups excluding carboxylic acids is 5. The smallest absolute Gasteiger partial charge is 0.408 e. The molecule has 17 heteroatoms. The average Bonchev–Trinajstić information content (AvgIpc) is 3.20. The first-order valence-electron chi connectivity index (χ1n) is 16.5. The van der Waals surface area contributed by atoms with Crippen molar-refractivity contribution in [3.8, 4) is 5.75 Å². The van der Waals surface area contributed by atoms with Crippen molar-refractivity contribution in [3.63, 3.8) is 0 Å². The normalized spacial score (nSPS) is 11.8.